The zero-order valence-corrected chi connectivity index (χ0v) is 12.0. The van der Waals surface area contributed by atoms with E-state index in [4.69, 9.17) is 5.73 Å². The van der Waals surface area contributed by atoms with Crippen LogP contribution in [-0.4, -0.2) is 12.5 Å². The van der Waals surface area contributed by atoms with E-state index >= 15 is 0 Å². The van der Waals surface area contributed by atoms with Crippen LogP contribution in [0.1, 0.15) is 28.4 Å². The second-order valence-corrected chi connectivity index (χ2v) is 4.74. The summed E-state index contributed by atoms with van der Waals surface area (Å²) in [5.74, 6) is 0.0112. The third-order valence-electron chi connectivity index (χ3n) is 3.38. The highest BCUT2D eigenvalue weighted by Crippen LogP contribution is 2.21. The van der Waals surface area contributed by atoms with Gasteiger partial charge < -0.3 is 10.6 Å². The number of rotatable bonds is 4. The number of nitrogens with two attached hydrogens (primary N) is 1. The van der Waals surface area contributed by atoms with Gasteiger partial charge in [-0.1, -0.05) is 30.3 Å². The molecule has 0 radical (unpaired) electrons. The van der Waals surface area contributed by atoms with Crippen molar-refractivity contribution in [3.05, 3.63) is 65.2 Å². The topological polar surface area (TPSA) is 46.3 Å². The summed E-state index contributed by atoms with van der Waals surface area (Å²) in [5.41, 5.74) is 9.34. The first-order chi connectivity index (χ1) is 9.67. The molecule has 0 fully saturated rings. The number of benzene rings is 2. The van der Waals surface area contributed by atoms with Gasteiger partial charge in [-0.3, -0.25) is 4.79 Å². The summed E-state index contributed by atoms with van der Waals surface area (Å²) >= 11 is 0. The minimum Gasteiger partial charge on any atom is -0.326 e. The van der Waals surface area contributed by atoms with Crippen LogP contribution in [0.3, 0.4) is 0 Å². The standard InChI is InChI=1S/C17H20N2O/c1-3-19(16-10-5-4-7-13(16)2)17(20)15-9-6-8-14(11-15)12-18/h4-11H,3,12,18H2,1-2H3. The highest BCUT2D eigenvalue weighted by molar-refractivity contribution is 6.06. The van der Waals surface area contributed by atoms with Gasteiger partial charge in [-0.2, -0.15) is 0 Å². The van der Waals surface area contributed by atoms with E-state index in [1.807, 2.05) is 62.4 Å². The van der Waals surface area contributed by atoms with Crippen LogP contribution in [0, 0.1) is 6.92 Å². The lowest BCUT2D eigenvalue weighted by Crippen LogP contribution is -2.31. The van der Waals surface area contributed by atoms with Crippen molar-refractivity contribution in [2.75, 3.05) is 11.4 Å². The molecule has 0 spiro atoms. The number of hydrogen-bond donors (Lipinski definition) is 1. The Hall–Kier alpha value is -2.13. The number of carbonyl (C=O) groups is 1. The van der Waals surface area contributed by atoms with Gasteiger partial charge in [-0.25, -0.2) is 0 Å². The molecule has 3 nitrogen and oxygen atoms in total. The van der Waals surface area contributed by atoms with Crippen LogP contribution in [0.4, 0.5) is 5.69 Å². The Morgan fingerprint density at radius 3 is 2.55 bits per heavy atom. The predicted octanol–water partition coefficient (Wildman–Crippen LogP) is 3.12. The van der Waals surface area contributed by atoms with Crippen molar-refractivity contribution >= 4 is 11.6 Å². The van der Waals surface area contributed by atoms with Gasteiger partial charge >= 0.3 is 0 Å². The molecule has 0 aliphatic heterocycles. The number of hydrogen-bond acceptors (Lipinski definition) is 2. The van der Waals surface area contributed by atoms with Crippen molar-refractivity contribution in [2.45, 2.75) is 20.4 Å². The molecule has 0 bridgehead atoms. The molecule has 20 heavy (non-hydrogen) atoms. The lowest BCUT2D eigenvalue weighted by molar-refractivity contribution is 0.0988. The predicted molar refractivity (Wildman–Crippen MR) is 82.9 cm³/mol. The van der Waals surface area contributed by atoms with Crippen LogP contribution in [0.5, 0.6) is 0 Å². The molecule has 0 aliphatic rings. The van der Waals surface area contributed by atoms with Crippen molar-refractivity contribution in [3.8, 4) is 0 Å². The monoisotopic (exact) mass is 268 g/mol. The van der Waals surface area contributed by atoms with Crippen LogP contribution < -0.4 is 10.6 Å². The summed E-state index contributed by atoms with van der Waals surface area (Å²) in [7, 11) is 0. The number of para-hydroxylation sites is 1. The van der Waals surface area contributed by atoms with Crippen LogP contribution >= 0.6 is 0 Å². The summed E-state index contributed by atoms with van der Waals surface area (Å²) in [6, 6.07) is 15.4. The van der Waals surface area contributed by atoms with Gasteiger partial charge in [-0.15, -0.1) is 0 Å². The minimum absolute atomic E-state index is 0.0112. The lowest BCUT2D eigenvalue weighted by Gasteiger charge is -2.23. The van der Waals surface area contributed by atoms with Crippen molar-refractivity contribution in [2.24, 2.45) is 5.73 Å². The van der Waals surface area contributed by atoms with Gasteiger partial charge in [0.05, 0.1) is 0 Å². The molecule has 0 saturated heterocycles. The van der Waals surface area contributed by atoms with Gasteiger partial charge in [0.1, 0.15) is 0 Å². The summed E-state index contributed by atoms with van der Waals surface area (Å²) in [5, 5.41) is 0. The average molecular weight is 268 g/mol. The average Bonchev–Trinajstić information content (AvgIpc) is 2.49. The maximum atomic E-state index is 12.7. The Morgan fingerprint density at radius 2 is 1.90 bits per heavy atom. The molecule has 104 valence electrons. The molecule has 2 rings (SSSR count). The molecule has 3 heteroatoms. The quantitative estimate of drug-likeness (QED) is 0.926. The zero-order valence-electron chi connectivity index (χ0n) is 12.0. The third-order valence-corrected chi connectivity index (χ3v) is 3.38. The zero-order chi connectivity index (χ0) is 14.5. The van der Waals surface area contributed by atoms with Crippen molar-refractivity contribution in [3.63, 3.8) is 0 Å². The van der Waals surface area contributed by atoms with E-state index in [2.05, 4.69) is 0 Å². The number of nitrogens with zero attached hydrogens (tertiary/aromatic N) is 1. The molecule has 0 atom stereocenters. The van der Waals surface area contributed by atoms with Crippen LogP contribution in [-0.2, 0) is 6.54 Å². The maximum absolute atomic E-state index is 12.7. The smallest absolute Gasteiger partial charge is 0.258 e. The molecule has 1 amide bonds. The van der Waals surface area contributed by atoms with E-state index in [1.54, 1.807) is 4.90 Å². The van der Waals surface area contributed by atoms with E-state index in [1.165, 1.54) is 0 Å². The molecular weight excluding hydrogens is 248 g/mol. The van der Waals surface area contributed by atoms with Crippen LogP contribution in [0.25, 0.3) is 0 Å². The molecular formula is C17H20N2O. The van der Waals surface area contributed by atoms with Crippen molar-refractivity contribution in [1.29, 1.82) is 0 Å². The fourth-order valence-corrected chi connectivity index (χ4v) is 2.28. The van der Waals surface area contributed by atoms with E-state index in [0.717, 1.165) is 16.8 Å². The molecule has 0 aromatic heterocycles. The molecule has 2 N–H and O–H groups in total. The number of anilines is 1. The van der Waals surface area contributed by atoms with E-state index in [-0.39, 0.29) is 5.91 Å². The first-order valence-corrected chi connectivity index (χ1v) is 6.84. The van der Waals surface area contributed by atoms with Crippen molar-refractivity contribution in [1.82, 2.24) is 0 Å². The Kier molecular flexibility index (Phi) is 4.53. The van der Waals surface area contributed by atoms with Gasteiger partial charge in [-0.05, 0) is 43.2 Å². The third kappa shape index (κ3) is 2.89. The summed E-state index contributed by atoms with van der Waals surface area (Å²) < 4.78 is 0. The fourth-order valence-electron chi connectivity index (χ4n) is 2.28. The lowest BCUT2D eigenvalue weighted by atomic mass is 10.1. The van der Waals surface area contributed by atoms with Gasteiger partial charge in [0.25, 0.3) is 5.91 Å². The highest BCUT2D eigenvalue weighted by atomic mass is 16.2. The molecule has 2 aromatic carbocycles. The number of amides is 1. The maximum Gasteiger partial charge on any atom is 0.258 e. The SMILES string of the molecule is CCN(C(=O)c1cccc(CN)c1)c1ccccc1C. The molecule has 0 aliphatic carbocycles. The Morgan fingerprint density at radius 1 is 1.15 bits per heavy atom. The Bertz CT molecular complexity index is 607. The molecule has 2 aromatic rings. The first-order valence-electron chi connectivity index (χ1n) is 6.84. The molecule has 0 heterocycles. The minimum atomic E-state index is 0.0112. The van der Waals surface area contributed by atoms with E-state index < -0.39 is 0 Å². The Labute approximate surface area is 120 Å². The summed E-state index contributed by atoms with van der Waals surface area (Å²) in [6.07, 6.45) is 0. The molecule has 0 unspecified atom stereocenters. The molecule has 0 saturated carbocycles. The number of aryl methyl sites for hydroxylation is 1. The van der Waals surface area contributed by atoms with Crippen LogP contribution in [0.2, 0.25) is 0 Å². The normalized spacial score (nSPS) is 10.3. The summed E-state index contributed by atoms with van der Waals surface area (Å²) in [6.45, 7) is 5.08. The number of carbonyl (C=O) groups excluding carboxylic acids is 1. The Balaban J connectivity index is 2.36. The van der Waals surface area contributed by atoms with Crippen LogP contribution in [0.15, 0.2) is 48.5 Å². The highest BCUT2D eigenvalue weighted by Gasteiger charge is 2.17. The summed E-state index contributed by atoms with van der Waals surface area (Å²) in [4.78, 5) is 14.5. The largest absolute Gasteiger partial charge is 0.326 e. The van der Waals surface area contributed by atoms with Crippen molar-refractivity contribution < 1.29 is 4.79 Å². The fraction of sp³-hybridized carbons (Fsp3) is 0.235. The first kappa shape index (κ1) is 14.3. The van der Waals surface area contributed by atoms with E-state index in [9.17, 15) is 4.79 Å². The van der Waals surface area contributed by atoms with E-state index in [0.29, 0.717) is 18.7 Å². The second-order valence-electron chi connectivity index (χ2n) is 4.74. The van der Waals surface area contributed by atoms with Gasteiger partial charge in [0.15, 0.2) is 0 Å². The van der Waals surface area contributed by atoms with Gasteiger partial charge in [0.2, 0.25) is 0 Å². The van der Waals surface area contributed by atoms with Gasteiger partial charge in [0, 0.05) is 24.3 Å². The second kappa shape index (κ2) is 6.35.